The van der Waals surface area contributed by atoms with Crippen molar-refractivity contribution in [3.8, 4) is 17.1 Å². The van der Waals surface area contributed by atoms with E-state index in [4.69, 9.17) is 9.26 Å². The molecule has 7 nitrogen and oxygen atoms in total. The SMILES string of the molecule is COc1ccc(CN2CC(c3nc(-c4cccnc4)no3)CC2=O)cc1. The Morgan fingerprint density at radius 1 is 1.27 bits per heavy atom. The topological polar surface area (TPSA) is 81.3 Å². The molecule has 1 saturated heterocycles. The summed E-state index contributed by atoms with van der Waals surface area (Å²) in [7, 11) is 1.63. The number of hydrogen-bond donors (Lipinski definition) is 0. The van der Waals surface area contributed by atoms with Crippen molar-refractivity contribution in [3.63, 3.8) is 0 Å². The zero-order chi connectivity index (χ0) is 17.9. The smallest absolute Gasteiger partial charge is 0.232 e. The maximum Gasteiger partial charge on any atom is 0.232 e. The van der Waals surface area contributed by atoms with Crippen LogP contribution in [0.3, 0.4) is 0 Å². The van der Waals surface area contributed by atoms with E-state index >= 15 is 0 Å². The molecule has 0 bridgehead atoms. The van der Waals surface area contributed by atoms with E-state index in [-0.39, 0.29) is 11.8 Å². The van der Waals surface area contributed by atoms with Crippen molar-refractivity contribution in [2.75, 3.05) is 13.7 Å². The summed E-state index contributed by atoms with van der Waals surface area (Å²) in [6.45, 7) is 1.13. The number of carbonyl (C=O) groups excluding carboxylic acids is 1. The number of aromatic nitrogens is 3. The molecule has 3 heterocycles. The molecule has 0 spiro atoms. The van der Waals surface area contributed by atoms with Crippen molar-refractivity contribution in [2.45, 2.75) is 18.9 Å². The van der Waals surface area contributed by atoms with Gasteiger partial charge in [0.15, 0.2) is 0 Å². The number of nitrogens with zero attached hydrogens (tertiary/aromatic N) is 4. The van der Waals surface area contributed by atoms with Gasteiger partial charge in [-0.25, -0.2) is 0 Å². The van der Waals surface area contributed by atoms with Crippen LogP contribution in [0.2, 0.25) is 0 Å². The molecule has 0 radical (unpaired) electrons. The number of likely N-dealkylation sites (tertiary alicyclic amines) is 1. The van der Waals surface area contributed by atoms with Crippen LogP contribution < -0.4 is 4.74 Å². The van der Waals surface area contributed by atoms with Gasteiger partial charge < -0.3 is 14.2 Å². The first-order valence-electron chi connectivity index (χ1n) is 8.37. The first kappa shape index (κ1) is 16.3. The first-order valence-corrected chi connectivity index (χ1v) is 8.37. The summed E-state index contributed by atoms with van der Waals surface area (Å²) in [6, 6.07) is 11.4. The van der Waals surface area contributed by atoms with E-state index in [1.807, 2.05) is 41.3 Å². The maximum atomic E-state index is 12.4. The predicted octanol–water partition coefficient (Wildman–Crippen LogP) is 2.66. The number of rotatable bonds is 5. The average molecular weight is 350 g/mol. The molecule has 2 aromatic heterocycles. The molecule has 1 fully saturated rings. The van der Waals surface area contributed by atoms with Crippen LogP contribution in [-0.2, 0) is 11.3 Å². The summed E-state index contributed by atoms with van der Waals surface area (Å²) in [5, 5.41) is 4.01. The number of pyridine rings is 1. The van der Waals surface area contributed by atoms with E-state index in [0.29, 0.717) is 31.2 Å². The minimum atomic E-state index is -0.0846. The molecule has 1 amide bonds. The largest absolute Gasteiger partial charge is 0.497 e. The maximum absolute atomic E-state index is 12.4. The van der Waals surface area contributed by atoms with Gasteiger partial charge in [0.25, 0.3) is 0 Å². The Hall–Kier alpha value is -3.22. The van der Waals surface area contributed by atoms with E-state index in [1.54, 1.807) is 19.5 Å². The lowest BCUT2D eigenvalue weighted by Crippen LogP contribution is -2.24. The lowest BCUT2D eigenvalue weighted by Gasteiger charge is -2.16. The second kappa shape index (κ2) is 6.95. The first-order chi connectivity index (χ1) is 12.7. The highest BCUT2D eigenvalue weighted by Gasteiger charge is 2.34. The van der Waals surface area contributed by atoms with Gasteiger partial charge in [0.1, 0.15) is 5.75 Å². The van der Waals surface area contributed by atoms with Crippen LogP contribution in [0.15, 0.2) is 53.3 Å². The highest BCUT2D eigenvalue weighted by molar-refractivity contribution is 5.79. The van der Waals surface area contributed by atoms with Gasteiger partial charge in [-0.1, -0.05) is 17.3 Å². The van der Waals surface area contributed by atoms with Crippen LogP contribution in [0.1, 0.15) is 23.8 Å². The van der Waals surface area contributed by atoms with Gasteiger partial charge in [0.05, 0.1) is 13.0 Å². The molecule has 4 rings (SSSR count). The third-order valence-corrected chi connectivity index (χ3v) is 4.46. The van der Waals surface area contributed by atoms with Gasteiger partial charge in [-0.3, -0.25) is 9.78 Å². The Morgan fingerprint density at radius 3 is 2.85 bits per heavy atom. The lowest BCUT2D eigenvalue weighted by atomic mass is 10.1. The fourth-order valence-electron chi connectivity index (χ4n) is 3.06. The molecule has 0 aliphatic carbocycles. The summed E-state index contributed by atoms with van der Waals surface area (Å²) < 4.78 is 10.6. The Labute approximate surface area is 150 Å². The number of benzene rings is 1. The Kier molecular flexibility index (Phi) is 4.35. The van der Waals surface area contributed by atoms with E-state index in [0.717, 1.165) is 16.9 Å². The quantitative estimate of drug-likeness (QED) is 0.704. The van der Waals surface area contributed by atoms with E-state index < -0.39 is 0 Å². The lowest BCUT2D eigenvalue weighted by molar-refractivity contribution is -0.128. The van der Waals surface area contributed by atoms with Crippen LogP contribution in [0, 0.1) is 0 Å². The third-order valence-electron chi connectivity index (χ3n) is 4.46. The number of carbonyl (C=O) groups is 1. The minimum absolute atomic E-state index is 0.0846. The van der Waals surface area contributed by atoms with Crippen LogP contribution in [0.4, 0.5) is 0 Å². The molecule has 1 aliphatic heterocycles. The molecular weight excluding hydrogens is 332 g/mol. The standard InChI is InChI=1S/C19H18N4O3/c1-25-16-6-4-13(5-7-16)11-23-12-15(9-17(23)24)19-21-18(22-26-19)14-3-2-8-20-10-14/h2-8,10,15H,9,11-12H2,1H3. The Balaban J connectivity index is 1.45. The van der Waals surface area contributed by atoms with Gasteiger partial charge >= 0.3 is 0 Å². The molecule has 7 heteroatoms. The zero-order valence-electron chi connectivity index (χ0n) is 14.3. The molecule has 1 unspecified atom stereocenters. The van der Waals surface area contributed by atoms with Crippen molar-refractivity contribution in [1.29, 1.82) is 0 Å². The van der Waals surface area contributed by atoms with Gasteiger partial charge in [-0.05, 0) is 29.8 Å². The predicted molar refractivity (Wildman–Crippen MR) is 93.3 cm³/mol. The van der Waals surface area contributed by atoms with Crippen LogP contribution in [-0.4, -0.2) is 39.6 Å². The minimum Gasteiger partial charge on any atom is -0.497 e. The van der Waals surface area contributed by atoms with Crippen molar-refractivity contribution in [2.24, 2.45) is 0 Å². The number of methoxy groups -OCH3 is 1. The van der Waals surface area contributed by atoms with E-state index in [2.05, 4.69) is 15.1 Å². The van der Waals surface area contributed by atoms with E-state index in [1.165, 1.54) is 0 Å². The van der Waals surface area contributed by atoms with Crippen molar-refractivity contribution in [1.82, 2.24) is 20.0 Å². The fourth-order valence-corrected chi connectivity index (χ4v) is 3.06. The van der Waals surface area contributed by atoms with Crippen molar-refractivity contribution < 1.29 is 14.1 Å². The summed E-state index contributed by atoms with van der Waals surface area (Å²) in [5.41, 5.74) is 1.85. The Morgan fingerprint density at radius 2 is 2.12 bits per heavy atom. The highest BCUT2D eigenvalue weighted by Crippen LogP contribution is 2.29. The monoisotopic (exact) mass is 350 g/mol. The molecule has 3 aromatic rings. The summed E-state index contributed by atoms with van der Waals surface area (Å²) in [4.78, 5) is 22.7. The van der Waals surface area contributed by atoms with Crippen LogP contribution in [0.5, 0.6) is 5.75 Å². The van der Waals surface area contributed by atoms with Crippen molar-refractivity contribution in [3.05, 3.63) is 60.2 Å². The molecule has 132 valence electrons. The molecule has 26 heavy (non-hydrogen) atoms. The second-order valence-electron chi connectivity index (χ2n) is 6.22. The summed E-state index contributed by atoms with van der Waals surface area (Å²) in [5.74, 6) is 1.79. The summed E-state index contributed by atoms with van der Waals surface area (Å²) >= 11 is 0. The van der Waals surface area contributed by atoms with Gasteiger partial charge in [0, 0.05) is 37.5 Å². The Bertz CT molecular complexity index is 893. The molecule has 0 saturated carbocycles. The highest BCUT2D eigenvalue weighted by atomic mass is 16.5. The average Bonchev–Trinajstić information content (AvgIpc) is 3.31. The second-order valence-corrected chi connectivity index (χ2v) is 6.22. The third kappa shape index (κ3) is 3.28. The van der Waals surface area contributed by atoms with Crippen LogP contribution in [0.25, 0.3) is 11.4 Å². The van der Waals surface area contributed by atoms with E-state index in [9.17, 15) is 4.79 Å². The van der Waals surface area contributed by atoms with Gasteiger partial charge in [-0.2, -0.15) is 4.98 Å². The normalized spacial score (nSPS) is 16.9. The number of amides is 1. The van der Waals surface area contributed by atoms with Gasteiger partial charge in [-0.15, -0.1) is 0 Å². The van der Waals surface area contributed by atoms with Crippen LogP contribution >= 0.6 is 0 Å². The van der Waals surface area contributed by atoms with Gasteiger partial charge in [0.2, 0.25) is 17.6 Å². The summed E-state index contributed by atoms with van der Waals surface area (Å²) in [6.07, 6.45) is 3.76. The molecular formula is C19H18N4O3. The molecule has 0 N–H and O–H groups in total. The molecule has 1 aromatic carbocycles. The zero-order valence-corrected chi connectivity index (χ0v) is 14.3. The fraction of sp³-hybridized carbons (Fsp3) is 0.263. The number of ether oxygens (including phenoxy) is 1. The molecule has 1 atom stereocenters. The van der Waals surface area contributed by atoms with Crippen molar-refractivity contribution >= 4 is 5.91 Å². The number of hydrogen-bond acceptors (Lipinski definition) is 6. The molecule has 1 aliphatic rings.